The minimum Gasteiger partial charge on any atom is -0.394 e. The molecule has 0 radical (unpaired) electrons. The van der Waals surface area contributed by atoms with Crippen LogP contribution < -0.4 is 10.6 Å². The number of alkyl halides is 3. The summed E-state index contributed by atoms with van der Waals surface area (Å²) < 4.78 is 38.2. The van der Waals surface area contributed by atoms with E-state index in [1.165, 1.54) is 6.07 Å². The van der Waals surface area contributed by atoms with Crippen LogP contribution in [-0.2, 0) is 6.18 Å². The highest BCUT2D eigenvalue weighted by molar-refractivity contribution is 5.48. The molecule has 0 saturated carbocycles. The number of aliphatic hydroxyl groups is 1. The maximum atomic E-state index is 12.7. The molecule has 20 heavy (non-hydrogen) atoms. The van der Waals surface area contributed by atoms with E-state index in [1.54, 1.807) is 4.90 Å². The zero-order valence-electron chi connectivity index (χ0n) is 10.9. The van der Waals surface area contributed by atoms with Crippen molar-refractivity contribution >= 4 is 11.6 Å². The zero-order chi connectivity index (χ0) is 14.8. The highest BCUT2D eigenvalue weighted by Crippen LogP contribution is 2.30. The van der Waals surface area contributed by atoms with Crippen molar-refractivity contribution in [1.82, 2.24) is 9.97 Å². The first-order chi connectivity index (χ1) is 9.41. The number of halogens is 3. The monoisotopic (exact) mass is 290 g/mol. The molecule has 2 rings (SSSR count). The van der Waals surface area contributed by atoms with Gasteiger partial charge in [-0.15, -0.1) is 0 Å². The van der Waals surface area contributed by atoms with Gasteiger partial charge < -0.3 is 15.7 Å². The van der Waals surface area contributed by atoms with Crippen molar-refractivity contribution in [2.24, 2.45) is 0 Å². The summed E-state index contributed by atoms with van der Waals surface area (Å²) in [7, 11) is 0. The lowest BCUT2D eigenvalue weighted by atomic mass is 10.1. The molecule has 0 aliphatic carbocycles. The van der Waals surface area contributed by atoms with E-state index >= 15 is 0 Å². The molecular formula is C12H17F3N4O. The number of aromatic nitrogens is 2. The molecular weight excluding hydrogens is 273 g/mol. The Morgan fingerprint density at radius 3 is 2.70 bits per heavy atom. The van der Waals surface area contributed by atoms with Crippen molar-refractivity contribution in [2.75, 3.05) is 23.8 Å². The predicted molar refractivity (Wildman–Crippen MR) is 68.1 cm³/mol. The van der Waals surface area contributed by atoms with Gasteiger partial charge >= 0.3 is 6.18 Å². The molecule has 1 fully saturated rings. The van der Waals surface area contributed by atoms with Crippen LogP contribution in [0.4, 0.5) is 24.8 Å². The van der Waals surface area contributed by atoms with Crippen LogP contribution in [-0.4, -0.2) is 34.3 Å². The number of hydrogen-bond acceptors (Lipinski definition) is 5. The maximum Gasteiger partial charge on any atom is 0.451 e. The summed E-state index contributed by atoms with van der Waals surface area (Å²) in [6, 6.07) is 1.09. The van der Waals surface area contributed by atoms with Gasteiger partial charge in [0.1, 0.15) is 11.6 Å². The number of nitrogens with zero attached hydrogens (tertiary/aromatic N) is 3. The van der Waals surface area contributed by atoms with Crippen molar-refractivity contribution in [3.63, 3.8) is 0 Å². The van der Waals surface area contributed by atoms with Crippen LogP contribution in [0.15, 0.2) is 6.07 Å². The Morgan fingerprint density at radius 1 is 1.30 bits per heavy atom. The summed E-state index contributed by atoms with van der Waals surface area (Å²) >= 11 is 0. The molecule has 2 heterocycles. The smallest absolute Gasteiger partial charge is 0.394 e. The number of rotatable bonds is 2. The van der Waals surface area contributed by atoms with Gasteiger partial charge in [-0.3, -0.25) is 0 Å². The predicted octanol–water partition coefficient (Wildman–Crippen LogP) is 1.82. The van der Waals surface area contributed by atoms with E-state index in [-0.39, 0.29) is 24.3 Å². The summed E-state index contributed by atoms with van der Waals surface area (Å²) in [6.45, 7) is 0.435. The second kappa shape index (κ2) is 5.82. The summed E-state index contributed by atoms with van der Waals surface area (Å²) in [5, 5.41) is 9.41. The van der Waals surface area contributed by atoms with Crippen molar-refractivity contribution in [1.29, 1.82) is 0 Å². The van der Waals surface area contributed by atoms with Crippen molar-refractivity contribution < 1.29 is 18.3 Å². The van der Waals surface area contributed by atoms with Gasteiger partial charge in [0.15, 0.2) is 0 Å². The molecule has 5 nitrogen and oxygen atoms in total. The van der Waals surface area contributed by atoms with Crippen LogP contribution in [0, 0.1) is 0 Å². The number of nitrogen functional groups attached to an aromatic ring is 1. The van der Waals surface area contributed by atoms with Crippen LogP contribution in [0.25, 0.3) is 0 Å². The van der Waals surface area contributed by atoms with Crippen LogP contribution in [0.1, 0.15) is 31.5 Å². The van der Waals surface area contributed by atoms with E-state index in [2.05, 4.69) is 9.97 Å². The molecule has 1 aliphatic heterocycles. The highest BCUT2D eigenvalue weighted by Gasteiger charge is 2.36. The van der Waals surface area contributed by atoms with Crippen LogP contribution >= 0.6 is 0 Å². The summed E-state index contributed by atoms with van der Waals surface area (Å²) in [5.74, 6) is -1.33. The molecule has 1 unspecified atom stereocenters. The summed E-state index contributed by atoms with van der Waals surface area (Å²) in [6.07, 6.45) is -1.14. The first-order valence-electron chi connectivity index (χ1n) is 6.51. The Bertz CT molecular complexity index is 467. The van der Waals surface area contributed by atoms with Crippen molar-refractivity contribution in [3.8, 4) is 0 Å². The molecule has 1 aromatic heterocycles. The Labute approximate surface area is 114 Å². The Kier molecular flexibility index (Phi) is 4.32. The summed E-state index contributed by atoms with van der Waals surface area (Å²) in [4.78, 5) is 8.49. The van der Waals surface area contributed by atoms with Crippen LogP contribution in [0.5, 0.6) is 0 Å². The number of aliphatic hydroxyl groups excluding tert-OH is 1. The summed E-state index contributed by atoms with van der Waals surface area (Å²) in [5.41, 5.74) is 5.45. The van der Waals surface area contributed by atoms with Gasteiger partial charge in [0.25, 0.3) is 0 Å². The van der Waals surface area contributed by atoms with E-state index in [1.807, 2.05) is 0 Å². The maximum absolute atomic E-state index is 12.7. The molecule has 1 saturated heterocycles. The van der Waals surface area contributed by atoms with Gasteiger partial charge in [0, 0.05) is 12.6 Å². The second-order valence-corrected chi connectivity index (χ2v) is 4.85. The molecule has 0 amide bonds. The fraction of sp³-hybridized carbons (Fsp3) is 0.667. The third-order valence-electron chi connectivity index (χ3n) is 3.37. The van der Waals surface area contributed by atoms with Crippen molar-refractivity contribution in [3.05, 3.63) is 11.9 Å². The standard InChI is InChI=1S/C12H17F3N4O/c13-12(14,15)11-17-9(16)6-10(18-11)19-5-3-1-2-4-8(19)7-20/h6,8,20H,1-5,7H2,(H2,16,17,18). The Balaban J connectivity index is 2.37. The molecule has 0 bridgehead atoms. The molecule has 0 aromatic carbocycles. The van der Waals surface area contributed by atoms with Crippen molar-refractivity contribution in [2.45, 2.75) is 37.9 Å². The van der Waals surface area contributed by atoms with Crippen LogP contribution in [0.3, 0.4) is 0 Å². The SMILES string of the molecule is Nc1cc(N2CCCCCC2CO)nc(C(F)(F)F)n1. The van der Waals surface area contributed by atoms with E-state index in [9.17, 15) is 18.3 Å². The third-order valence-corrected chi connectivity index (χ3v) is 3.37. The van der Waals surface area contributed by atoms with Crippen LogP contribution in [0.2, 0.25) is 0 Å². The van der Waals surface area contributed by atoms with Gasteiger partial charge in [0.2, 0.25) is 5.82 Å². The fourth-order valence-electron chi connectivity index (χ4n) is 2.40. The third kappa shape index (κ3) is 3.30. The number of nitrogens with two attached hydrogens (primary N) is 1. The lowest BCUT2D eigenvalue weighted by molar-refractivity contribution is -0.144. The quantitative estimate of drug-likeness (QED) is 0.869. The van der Waals surface area contributed by atoms with E-state index in [4.69, 9.17) is 5.73 Å². The molecule has 1 aromatic rings. The lowest BCUT2D eigenvalue weighted by Crippen LogP contribution is -2.38. The van der Waals surface area contributed by atoms with Gasteiger partial charge in [-0.25, -0.2) is 9.97 Å². The van der Waals surface area contributed by atoms with Gasteiger partial charge in [-0.05, 0) is 12.8 Å². The molecule has 1 aliphatic rings. The molecule has 3 N–H and O–H groups in total. The molecule has 0 spiro atoms. The normalized spacial score (nSPS) is 20.8. The molecule has 1 atom stereocenters. The van der Waals surface area contributed by atoms with Gasteiger partial charge in [-0.2, -0.15) is 13.2 Å². The average molecular weight is 290 g/mol. The van der Waals surface area contributed by atoms with E-state index in [0.717, 1.165) is 25.7 Å². The Morgan fingerprint density at radius 2 is 2.05 bits per heavy atom. The second-order valence-electron chi connectivity index (χ2n) is 4.85. The first-order valence-corrected chi connectivity index (χ1v) is 6.51. The fourth-order valence-corrected chi connectivity index (χ4v) is 2.40. The zero-order valence-corrected chi connectivity index (χ0v) is 10.9. The minimum absolute atomic E-state index is 0.120. The van der Waals surface area contributed by atoms with Gasteiger partial charge in [0.05, 0.1) is 12.6 Å². The molecule has 8 heteroatoms. The topological polar surface area (TPSA) is 75.3 Å². The molecule has 112 valence electrons. The highest BCUT2D eigenvalue weighted by atomic mass is 19.4. The first kappa shape index (κ1) is 14.8. The Hall–Kier alpha value is -1.57. The van der Waals surface area contributed by atoms with E-state index in [0.29, 0.717) is 6.54 Å². The average Bonchev–Trinajstić information content (AvgIpc) is 2.61. The minimum atomic E-state index is -4.63. The van der Waals surface area contributed by atoms with Gasteiger partial charge in [-0.1, -0.05) is 12.8 Å². The number of anilines is 2. The van der Waals surface area contributed by atoms with E-state index < -0.39 is 12.0 Å². The number of hydrogen-bond donors (Lipinski definition) is 2. The lowest BCUT2D eigenvalue weighted by Gasteiger charge is -2.30. The largest absolute Gasteiger partial charge is 0.451 e.